The van der Waals surface area contributed by atoms with Gasteiger partial charge in [0.15, 0.2) is 0 Å². The van der Waals surface area contributed by atoms with Gasteiger partial charge < -0.3 is 25.3 Å². The normalized spacial score (nSPS) is 15.9. The molecule has 1 amide bonds. The van der Waals surface area contributed by atoms with Gasteiger partial charge in [-0.3, -0.25) is 4.79 Å². The number of hydrogen-bond donors (Lipinski definition) is 2. The van der Waals surface area contributed by atoms with Crippen LogP contribution in [0.1, 0.15) is 27.9 Å². The van der Waals surface area contributed by atoms with Crippen molar-refractivity contribution in [1.82, 2.24) is 25.2 Å². The Hall–Kier alpha value is -3.14. The summed E-state index contributed by atoms with van der Waals surface area (Å²) in [5, 5.41) is 7.13. The van der Waals surface area contributed by atoms with E-state index in [0.29, 0.717) is 40.0 Å². The lowest BCUT2D eigenvalue weighted by Gasteiger charge is -2.34. The number of nitrogens with one attached hydrogen (secondary N) is 2. The summed E-state index contributed by atoms with van der Waals surface area (Å²) in [4.78, 5) is 33.7. The SMILES string of the molecule is CNc1nc(N2CCN(C)CC2)nc(N2CCCc3cc(C(=O)NCc4ccc(Cl)cc4Cl)ccc32)n1. The molecule has 0 bridgehead atoms. The van der Waals surface area contributed by atoms with Crippen LogP contribution in [0.3, 0.4) is 0 Å². The molecule has 5 rings (SSSR count). The second kappa shape index (κ2) is 11.1. The lowest BCUT2D eigenvalue weighted by atomic mass is 9.99. The van der Waals surface area contributed by atoms with Crippen molar-refractivity contribution in [3.8, 4) is 0 Å². The minimum absolute atomic E-state index is 0.152. The molecule has 0 spiro atoms. The monoisotopic (exact) mass is 540 g/mol. The van der Waals surface area contributed by atoms with E-state index in [4.69, 9.17) is 28.2 Å². The number of aromatic nitrogens is 3. The number of fused-ring (bicyclic) bond motifs is 1. The highest BCUT2D eigenvalue weighted by atomic mass is 35.5. The fourth-order valence-electron chi connectivity index (χ4n) is 4.62. The molecule has 0 aliphatic carbocycles. The smallest absolute Gasteiger partial charge is 0.251 e. The van der Waals surface area contributed by atoms with Gasteiger partial charge in [-0.1, -0.05) is 29.3 Å². The van der Waals surface area contributed by atoms with Crippen LogP contribution < -0.4 is 20.4 Å². The lowest BCUT2D eigenvalue weighted by molar-refractivity contribution is 0.0951. The van der Waals surface area contributed by atoms with Crippen LogP contribution in [-0.4, -0.2) is 72.6 Å². The van der Waals surface area contributed by atoms with E-state index in [0.717, 1.165) is 62.4 Å². The predicted molar refractivity (Wildman–Crippen MR) is 148 cm³/mol. The maximum absolute atomic E-state index is 12.9. The molecule has 11 heteroatoms. The third kappa shape index (κ3) is 5.74. The van der Waals surface area contributed by atoms with E-state index in [1.54, 1.807) is 12.1 Å². The summed E-state index contributed by atoms with van der Waals surface area (Å²) in [5.41, 5.74) is 3.53. The van der Waals surface area contributed by atoms with Crippen molar-refractivity contribution in [3.63, 3.8) is 0 Å². The number of carbonyl (C=O) groups is 1. The molecule has 0 radical (unpaired) electrons. The number of rotatable bonds is 6. The lowest BCUT2D eigenvalue weighted by Crippen LogP contribution is -2.45. The van der Waals surface area contributed by atoms with Crippen molar-refractivity contribution in [2.45, 2.75) is 19.4 Å². The topological polar surface area (TPSA) is 89.5 Å². The van der Waals surface area contributed by atoms with Gasteiger partial charge in [-0.15, -0.1) is 0 Å². The van der Waals surface area contributed by atoms with Gasteiger partial charge in [-0.2, -0.15) is 15.0 Å². The van der Waals surface area contributed by atoms with Gasteiger partial charge in [0.25, 0.3) is 5.91 Å². The Morgan fingerprint density at radius 1 is 0.973 bits per heavy atom. The molecule has 2 N–H and O–H groups in total. The number of nitrogens with zero attached hydrogens (tertiary/aromatic N) is 6. The van der Waals surface area contributed by atoms with E-state index in [2.05, 4.69) is 42.3 Å². The Kier molecular flexibility index (Phi) is 7.64. The average Bonchev–Trinajstić information content (AvgIpc) is 2.91. The number of piperazine rings is 1. The van der Waals surface area contributed by atoms with Crippen molar-refractivity contribution in [2.24, 2.45) is 0 Å². The fraction of sp³-hybridized carbons (Fsp3) is 0.385. The quantitative estimate of drug-likeness (QED) is 0.485. The Labute approximate surface area is 226 Å². The summed E-state index contributed by atoms with van der Waals surface area (Å²) >= 11 is 12.2. The largest absolute Gasteiger partial charge is 0.357 e. The zero-order valence-corrected chi connectivity index (χ0v) is 22.5. The standard InChI is InChI=1S/C26H30Cl2N8O/c1-29-24-31-25(35-12-10-34(2)11-13-35)33-26(32-24)36-9-3-4-17-14-18(6-8-22(17)36)23(37)30-16-19-5-7-20(27)15-21(19)28/h5-8,14-15H,3-4,9-13,16H2,1-2H3,(H,30,37)(H,29,31,32,33). The molecule has 9 nitrogen and oxygen atoms in total. The fourth-order valence-corrected chi connectivity index (χ4v) is 5.10. The highest BCUT2D eigenvalue weighted by Crippen LogP contribution is 2.33. The van der Waals surface area contributed by atoms with Crippen LogP contribution in [0.25, 0.3) is 0 Å². The second-order valence-corrected chi connectivity index (χ2v) is 10.2. The van der Waals surface area contributed by atoms with Gasteiger partial charge in [0.2, 0.25) is 17.8 Å². The van der Waals surface area contributed by atoms with Crippen molar-refractivity contribution < 1.29 is 4.79 Å². The minimum Gasteiger partial charge on any atom is -0.357 e. The molecule has 1 aromatic heterocycles. The number of halogens is 2. The first kappa shape index (κ1) is 25.5. The Balaban J connectivity index is 1.36. The first-order valence-electron chi connectivity index (χ1n) is 12.4. The molecular weight excluding hydrogens is 511 g/mol. The molecule has 1 fully saturated rings. The summed E-state index contributed by atoms with van der Waals surface area (Å²) in [7, 11) is 3.94. The van der Waals surface area contributed by atoms with Crippen molar-refractivity contribution >= 4 is 52.6 Å². The van der Waals surface area contributed by atoms with Gasteiger partial charge >= 0.3 is 0 Å². The third-order valence-corrected chi connectivity index (χ3v) is 7.36. The van der Waals surface area contributed by atoms with Crippen molar-refractivity contribution in [3.05, 3.63) is 63.1 Å². The molecule has 3 aromatic rings. The van der Waals surface area contributed by atoms with Crippen molar-refractivity contribution in [2.75, 3.05) is 61.9 Å². The number of hydrogen-bond acceptors (Lipinski definition) is 8. The maximum atomic E-state index is 12.9. The number of benzene rings is 2. The molecule has 2 aliphatic rings. The molecule has 0 unspecified atom stereocenters. The summed E-state index contributed by atoms with van der Waals surface area (Å²) in [5.74, 6) is 1.69. The van der Waals surface area contributed by atoms with E-state index < -0.39 is 0 Å². The van der Waals surface area contributed by atoms with Gasteiger partial charge in [-0.25, -0.2) is 0 Å². The molecule has 3 heterocycles. The van der Waals surface area contributed by atoms with Crippen LogP contribution in [0.15, 0.2) is 36.4 Å². The first-order valence-corrected chi connectivity index (χ1v) is 13.2. The summed E-state index contributed by atoms with van der Waals surface area (Å²) in [6.45, 7) is 4.81. The van der Waals surface area contributed by atoms with E-state index >= 15 is 0 Å². The molecule has 2 aromatic carbocycles. The zero-order valence-electron chi connectivity index (χ0n) is 21.0. The van der Waals surface area contributed by atoms with Crippen molar-refractivity contribution in [1.29, 1.82) is 0 Å². The van der Waals surface area contributed by atoms with Gasteiger partial charge in [0.1, 0.15) is 0 Å². The molecule has 2 aliphatic heterocycles. The molecule has 1 saturated heterocycles. The van der Waals surface area contributed by atoms with E-state index in [-0.39, 0.29) is 5.91 Å². The van der Waals surface area contributed by atoms with Crippen LogP contribution in [0.5, 0.6) is 0 Å². The number of amides is 1. The molecular formula is C26H30Cl2N8O. The molecule has 0 saturated carbocycles. The van der Waals surface area contributed by atoms with Crippen LogP contribution >= 0.6 is 23.2 Å². The number of anilines is 4. The number of likely N-dealkylation sites (N-methyl/N-ethyl adjacent to an activating group) is 1. The highest BCUT2D eigenvalue weighted by molar-refractivity contribution is 6.35. The number of aryl methyl sites for hydroxylation is 1. The maximum Gasteiger partial charge on any atom is 0.251 e. The van der Waals surface area contributed by atoms with Crippen LogP contribution in [-0.2, 0) is 13.0 Å². The highest BCUT2D eigenvalue weighted by Gasteiger charge is 2.25. The van der Waals surface area contributed by atoms with E-state index in [1.807, 2.05) is 31.3 Å². The molecule has 194 valence electrons. The first-order chi connectivity index (χ1) is 17.9. The Morgan fingerprint density at radius 2 is 1.76 bits per heavy atom. The van der Waals surface area contributed by atoms with Gasteiger partial charge in [-0.05, 0) is 61.3 Å². The Morgan fingerprint density at radius 3 is 2.51 bits per heavy atom. The predicted octanol–water partition coefficient (Wildman–Crippen LogP) is 3.99. The summed E-state index contributed by atoms with van der Waals surface area (Å²) in [6, 6.07) is 11.0. The van der Waals surface area contributed by atoms with E-state index in [9.17, 15) is 4.79 Å². The van der Waals surface area contributed by atoms with Gasteiger partial charge in [0, 0.05) is 67.6 Å². The van der Waals surface area contributed by atoms with Crippen LogP contribution in [0.4, 0.5) is 23.5 Å². The molecule has 37 heavy (non-hydrogen) atoms. The second-order valence-electron chi connectivity index (χ2n) is 9.32. The average molecular weight is 541 g/mol. The Bertz CT molecular complexity index is 1300. The summed E-state index contributed by atoms with van der Waals surface area (Å²) < 4.78 is 0. The van der Waals surface area contributed by atoms with E-state index in [1.165, 1.54) is 0 Å². The molecule has 0 atom stereocenters. The van der Waals surface area contributed by atoms with Gasteiger partial charge in [0.05, 0.1) is 0 Å². The van der Waals surface area contributed by atoms with Crippen LogP contribution in [0, 0.1) is 0 Å². The third-order valence-electron chi connectivity index (χ3n) is 6.78. The minimum atomic E-state index is -0.152. The van der Waals surface area contributed by atoms with Crippen LogP contribution in [0.2, 0.25) is 10.0 Å². The summed E-state index contributed by atoms with van der Waals surface area (Å²) in [6.07, 6.45) is 1.81. The number of carbonyl (C=O) groups excluding carboxylic acids is 1. The zero-order chi connectivity index (χ0) is 25.9.